The molecule has 1 aromatic rings. The second kappa shape index (κ2) is 8.44. The topological polar surface area (TPSA) is 105 Å². The van der Waals surface area contributed by atoms with Gasteiger partial charge in [0.1, 0.15) is 6.04 Å². The van der Waals surface area contributed by atoms with Crippen LogP contribution >= 0.6 is 23.8 Å². The fraction of sp³-hybridized carbons (Fsp3) is 0.385. The first kappa shape index (κ1) is 19.6. The van der Waals surface area contributed by atoms with E-state index in [1.54, 1.807) is 0 Å². The number of carbonyl (C=O) groups is 1. The lowest BCUT2D eigenvalue weighted by atomic mass is 10.2. The molecule has 0 heterocycles. The maximum atomic E-state index is 12.4. The van der Waals surface area contributed by atoms with E-state index in [0.717, 1.165) is 5.01 Å². The number of likely N-dealkylation sites (N-methyl/N-ethyl adjacent to an activating group) is 1. The normalized spacial score (nSPS) is 12.5. The summed E-state index contributed by atoms with van der Waals surface area (Å²) in [6, 6.07) is 4.73. The average molecular weight is 379 g/mol. The average Bonchev–Trinajstić information content (AvgIpc) is 2.45. The third-order valence-corrected chi connectivity index (χ3v) is 4.74. The van der Waals surface area contributed by atoms with Crippen molar-refractivity contribution in [1.82, 2.24) is 15.2 Å². The van der Waals surface area contributed by atoms with Crippen LogP contribution in [0.1, 0.15) is 19.8 Å². The lowest BCUT2D eigenvalue weighted by Gasteiger charge is -2.24. The van der Waals surface area contributed by atoms with Crippen LogP contribution in [0, 0.1) is 0 Å². The van der Waals surface area contributed by atoms with Gasteiger partial charge in [-0.05, 0) is 42.9 Å². The van der Waals surface area contributed by atoms with E-state index in [1.807, 2.05) is 6.92 Å². The Morgan fingerprint density at radius 2 is 1.96 bits per heavy atom. The van der Waals surface area contributed by atoms with E-state index < -0.39 is 22.0 Å². The van der Waals surface area contributed by atoms with Gasteiger partial charge >= 0.3 is 0 Å². The van der Waals surface area contributed by atoms with Gasteiger partial charge in [-0.1, -0.05) is 24.9 Å². The van der Waals surface area contributed by atoms with Gasteiger partial charge in [0.15, 0.2) is 5.11 Å². The van der Waals surface area contributed by atoms with E-state index in [4.69, 9.17) is 17.3 Å². The van der Waals surface area contributed by atoms with Gasteiger partial charge in [-0.3, -0.25) is 15.2 Å². The molecule has 0 saturated carbocycles. The first-order valence-electron chi connectivity index (χ1n) is 6.79. The molecule has 1 rings (SSSR count). The van der Waals surface area contributed by atoms with Crippen LogP contribution in [-0.4, -0.2) is 37.5 Å². The van der Waals surface area contributed by atoms with Gasteiger partial charge in [0.05, 0.1) is 4.90 Å². The van der Waals surface area contributed by atoms with Crippen LogP contribution in [0.15, 0.2) is 29.2 Å². The Bertz CT molecular complexity index is 664. The highest BCUT2D eigenvalue weighted by Gasteiger charge is 2.27. The lowest BCUT2D eigenvalue weighted by molar-refractivity contribution is -0.133. The summed E-state index contributed by atoms with van der Waals surface area (Å²) >= 11 is 10.4. The number of rotatable bonds is 6. The van der Waals surface area contributed by atoms with E-state index in [-0.39, 0.29) is 10.0 Å². The van der Waals surface area contributed by atoms with Gasteiger partial charge in [-0.25, -0.2) is 8.42 Å². The molecule has 0 spiro atoms. The molecule has 4 N–H and O–H groups in total. The van der Waals surface area contributed by atoms with Gasteiger partial charge in [-0.2, -0.15) is 4.72 Å². The molecule has 0 bridgehead atoms. The van der Waals surface area contributed by atoms with E-state index >= 15 is 0 Å². The fourth-order valence-electron chi connectivity index (χ4n) is 1.84. The SMILES string of the molecule is CCCC(NS(=O)(=O)c1ccc(Cl)cc1)C(=O)N(C)NC(N)=S. The monoisotopic (exact) mass is 378 g/mol. The molecule has 0 aliphatic heterocycles. The van der Waals surface area contributed by atoms with Crippen molar-refractivity contribution in [1.29, 1.82) is 0 Å². The Morgan fingerprint density at radius 3 is 2.43 bits per heavy atom. The minimum Gasteiger partial charge on any atom is -0.375 e. The van der Waals surface area contributed by atoms with Gasteiger partial charge in [0.25, 0.3) is 5.91 Å². The molecule has 0 fully saturated rings. The predicted molar refractivity (Wildman–Crippen MR) is 93.2 cm³/mol. The summed E-state index contributed by atoms with van der Waals surface area (Å²) in [5, 5.41) is 1.40. The van der Waals surface area contributed by atoms with Crippen LogP contribution in [-0.2, 0) is 14.8 Å². The van der Waals surface area contributed by atoms with Crippen molar-refractivity contribution in [3.63, 3.8) is 0 Å². The van der Waals surface area contributed by atoms with Gasteiger partial charge < -0.3 is 5.73 Å². The molecule has 1 unspecified atom stereocenters. The summed E-state index contributed by atoms with van der Waals surface area (Å²) in [6.07, 6.45) is 0.940. The number of thiocarbonyl (C=S) groups is 1. The molecule has 0 saturated heterocycles. The zero-order valence-corrected chi connectivity index (χ0v) is 15.1. The maximum Gasteiger partial charge on any atom is 0.258 e. The lowest BCUT2D eigenvalue weighted by Crippen LogP contribution is -2.53. The molecule has 128 valence electrons. The predicted octanol–water partition coefficient (Wildman–Crippen LogP) is 0.994. The number of halogens is 1. The molecule has 0 aromatic heterocycles. The van der Waals surface area contributed by atoms with Crippen molar-refractivity contribution in [2.75, 3.05) is 7.05 Å². The molecule has 10 heteroatoms. The van der Waals surface area contributed by atoms with Gasteiger partial charge in [0.2, 0.25) is 10.0 Å². The minimum atomic E-state index is -3.85. The zero-order chi connectivity index (χ0) is 17.6. The summed E-state index contributed by atoms with van der Waals surface area (Å²) in [6.45, 7) is 1.85. The Hall–Kier alpha value is -1.42. The third kappa shape index (κ3) is 5.94. The van der Waals surface area contributed by atoms with E-state index in [1.165, 1.54) is 31.3 Å². The van der Waals surface area contributed by atoms with Crippen LogP contribution in [0.5, 0.6) is 0 Å². The highest BCUT2D eigenvalue weighted by atomic mass is 35.5. The number of sulfonamides is 1. The number of benzene rings is 1. The van der Waals surface area contributed by atoms with E-state index in [2.05, 4.69) is 22.4 Å². The summed E-state index contributed by atoms with van der Waals surface area (Å²) < 4.78 is 27.2. The quantitative estimate of drug-likeness (QED) is 0.503. The number of hydrogen-bond donors (Lipinski definition) is 3. The molecular weight excluding hydrogens is 360 g/mol. The smallest absolute Gasteiger partial charge is 0.258 e. The Kier molecular flexibility index (Phi) is 7.20. The van der Waals surface area contributed by atoms with Crippen molar-refractivity contribution in [2.24, 2.45) is 5.73 Å². The maximum absolute atomic E-state index is 12.4. The Labute approximate surface area is 146 Å². The molecule has 1 amide bonds. The molecule has 1 atom stereocenters. The number of amides is 1. The van der Waals surface area contributed by atoms with Crippen molar-refractivity contribution >= 4 is 44.9 Å². The summed E-state index contributed by atoms with van der Waals surface area (Å²) in [7, 11) is -2.44. The van der Waals surface area contributed by atoms with Crippen LogP contribution < -0.4 is 15.9 Å². The molecule has 0 aliphatic rings. The highest BCUT2D eigenvalue weighted by Crippen LogP contribution is 2.15. The fourth-order valence-corrected chi connectivity index (χ4v) is 3.33. The molecular formula is C13H19ClN4O3S2. The molecule has 7 nitrogen and oxygen atoms in total. The van der Waals surface area contributed by atoms with Crippen molar-refractivity contribution in [3.05, 3.63) is 29.3 Å². The van der Waals surface area contributed by atoms with Crippen molar-refractivity contribution < 1.29 is 13.2 Å². The van der Waals surface area contributed by atoms with Crippen LogP contribution in [0.4, 0.5) is 0 Å². The third-order valence-electron chi connectivity index (χ3n) is 2.91. The van der Waals surface area contributed by atoms with E-state index in [9.17, 15) is 13.2 Å². The summed E-state index contributed by atoms with van der Waals surface area (Å²) in [5.41, 5.74) is 7.77. The van der Waals surface area contributed by atoms with E-state index in [0.29, 0.717) is 17.9 Å². The second-order valence-corrected chi connectivity index (χ2v) is 7.38. The zero-order valence-electron chi connectivity index (χ0n) is 12.7. The number of hydrazine groups is 1. The Balaban J connectivity index is 2.95. The first-order valence-corrected chi connectivity index (χ1v) is 9.06. The molecule has 0 radical (unpaired) electrons. The van der Waals surface area contributed by atoms with Gasteiger partial charge in [0, 0.05) is 12.1 Å². The van der Waals surface area contributed by atoms with Crippen LogP contribution in [0.2, 0.25) is 5.02 Å². The molecule has 23 heavy (non-hydrogen) atoms. The summed E-state index contributed by atoms with van der Waals surface area (Å²) in [4.78, 5) is 12.4. The molecule has 0 aliphatic carbocycles. The number of nitrogens with zero attached hydrogens (tertiary/aromatic N) is 1. The van der Waals surface area contributed by atoms with Crippen molar-refractivity contribution in [3.8, 4) is 0 Å². The second-order valence-electron chi connectivity index (χ2n) is 4.79. The number of hydrogen-bond acceptors (Lipinski definition) is 4. The highest BCUT2D eigenvalue weighted by molar-refractivity contribution is 7.89. The summed E-state index contributed by atoms with van der Waals surface area (Å²) in [5.74, 6) is -0.489. The largest absolute Gasteiger partial charge is 0.375 e. The molecule has 1 aromatic carbocycles. The van der Waals surface area contributed by atoms with Crippen LogP contribution in [0.3, 0.4) is 0 Å². The number of carbonyl (C=O) groups excluding carboxylic acids is 1. The number of nitrogens with two attached hydrogens (primary N) is 1. The Morgan fingerprint density at radius 1 is 1.39 bits per heavy atom. The first-order chi connectivity index (χ1) is 10.7. The van der Waals surface area contributed by atoms with Gasteiger partial charge in [-0.15, -0.1) is 0 Å². The van der Waals surface area contributed by atoms with Crippen molar-refractivity contribution in [2.45, 2.75) is 30.7 Å². The standard InChI is InChI=1S/C13H19ClN4O3S2/c1-3-4-11(12(19)18(2)16-13(15)22)17-23(20,21)10-7-5-9(14)6-8-10/h5-8,11,17H,3-4H2,1-2H3,(H3,15,16,22). The minimum absolute atomic E-state index is 0.0285. The number of nitrogens with one attached hydrogen (secondary N) is 2. The van der Waals surface area contributed by atoms with Crippen LogP contribution in [0.25, 0.3) is 0 Å².